The molecular formula is C13H19BrN4O. The first-order valence-electron chi connectivity index (χ1n) is 6.63. The maximum atomic E-state index is 12.3. The summed E-state index contributed by atoms with van der Waals surface area (Å²) in [6.07, 6.45) is 3.44. The van der Waals surface area contributed by atoms with Crippen LogP contribution < -0.4 is 5.32 Å². The summed E-state index contributed by atoms with van der Waals surface area (Å²) in [5.74, 6) is 1.50. The second-order valence-electron chi connectivity index (χ2n) is 4.88. The molecule has 19 heavy (non-hydrogen) atoms. The monoisotopic (exact) mass is 326 g/mol. The molecule has 1 aromatic rings. The van der Waals surface area contributed by atoms with E-state index in [1.54, 1.807) is 6.07 Å². The molecule has 0 saturated carbocycles. The van der Waals surface area contributed by atoms with Gasteiger partial charge in [0.2, 0.25) is 5.91 Å². The Morgan fingerprint density at radius 2 is 2.05 bits per heavy atom. The Balaban J connectivity index is 1.99. The molecule has 0 bridgehead atoms. The van der Waals surface area contributed by atoms with Crippen LogP contribution in [-0.4, -0.2) is 39.9 Å². The van der Waals surface area contributed by atoms with Crippen LogP contribution in [0.4, 0.5) is 5.82 Å². The Bertz CT molecular complexity index is 440. The van der Waals surface area contributed by atoms with Crippen LogP contribution in [-0.2, 0) is 4.79 Å². The van der Waals surface area contributed by atoms with Gasteiger partial charge in [-0.15, -0.1) is 0 Å². The lowest BCUT2D eigenvalue weighted by atomic mass is 10.1. The molecule has 1 unspecified atom stereocenters. The molecule has 1 saturated heterocycles. The largest absolute Gasteiger partial charge is 0.358 e. The van der Waals surface area contributed by atoms with Gasteiger partial charge in [-0.3, -0.25) is 4.79 Å². The van der Waals surface area contributed by atoms with Crippen LogP contribution in [0.5, 0.6) is 0 Å². The summed E-state index contributed by atoms with van der Waals surface area (Å²) < 4.78 is 0.722. The van der Waals surface area contributed by atoms with Gasteiger partial charge in [0, 0.05) is 19.2 Å². The van der Waals surface area contributed by atoms with Crippen LogP contribution >= 0.6 is 15.9 Å². The van der Waals surface area contributed by atoms with E-state index in [9.17, 15) is 4.79 Å². The Hall–Kier alpha value is -1.17. The molecule has 1 aromatic heterocycles. The lowest BCUT2D eigenvalue weighted by Gasteiger charge is -2.29. The number of piperidine rings is 1. The first-order chi connectivity index (χ1) is 9.06. The van der Waals surface area contributed by atoms with Gasteiger partial charge < -0.3 is 10.2 Å². The zero-order valence-corrected chi connectivity index (χ0v) is 12.9. The van der Waals surface area contributed by atoms with Crippen molar-refractivity contribution < 1.29 is 4.79 Å². The highest BCUT2D eigenvalue weighted by Gasteiger charge is 2.22. The maximum absolute atomic E-state index is 12.3. The normalized spacial score (nSPS) is 17.1. The second kappa shape index (κ2) is 6.32. The fraction of sp³-hybridized carbons (Fsp3) is 0.615. The van der Waals surface area contributed by atoms with Crippen LogP contribution in [0.25, 0.3) is 0 Å². The van der Waals surface area contributed by atoms with E-state index in [0.29, 0.717) is 11.6 Å². The minimum Gasteiger partial charge on any atom is -0.358 e. The number of hydrogen-bond donors (Lipinski definition) is 1. The summed E-state index contributed by atoms with van der Waals surface area (Å²) >= 11 is 3.33. The highest BCUT2D eigenvalue weighted by Crippen LogP contribution is 2.15. The van der Waals surface area contributed by atoms with E-state index in [2.05, 4.69) is 31.2 Å². The van der Waals surface area contributed by atoms with Gasteiger partial charge in [-0.2, -0.15) is 0 Å². The molecular weight excluding hydrogens is 308 g/mol. The smallest absolute Gasteiger partial charge is 0.244 e. The summed E-state index contributed by atoms with van der Waals surface area (Å²) in [5.41, 5.74) is 0. The van der Waals surface area contributed by atoms with Crippen molar-refractivity contribution >= 4 is 27.7 Å². The Morgan fingerprint density at radius 1 is 1.37 bits per heavy atom. The highest BCUT2D eigenvalue weighted by atomic mass is 79.9. The summed E-state index contributed by atoms with van der Waals surface area (Å²) in [4.78, 5) is 22.6. The lowest BCUT2D eigenvalue weighted by Crippen LogP contribution is -2.44. The van der Waals surface area contributed by atoms with E-state index in [4.69, 9.17) is 0 Å². The number of halogens is 1. The molecule has 0 radical (unpaired) electrons. The number of hydrogen-bond acceptors (Lipinski definition) is 4. The fourth-order valence-electron chi connectivity index (χ4n) is 2.28. The van der Waals surface area contributed by atoms with Gasteiger partial charge >= 0.3 is 0 Å². The Kier molecular flexibility index (Phi) is 4.74. The molecule has 1 fully saturated rings. The molecule has 1 aliphatic rings. The second-order valence-corrected chi connectivity index (χ2v) is 5.69. The Morgan fingerprint density at radius 3 is 2.68 bits per heavy atom. The molecule has 6 heteroatoms. The molecule has 5 nitrogen and oxygen atoms in total. The molecule has 2 heterocycles. The van der Waals surface area contributed by atoms with Crippen molar-refractivity contribution in [3.63, 3.8) is 0 Å². The van der Waals surface area contributed by atoms with Crippen LogP contribution in [0.2, 0.25) is 0 Å². The number of aryl methyl sites for hydroxylation is 1. The molecule has 1 aliphatic heterocycles. The van der Waals surface area contributed by atoms with E-state index in [0.717, 1.165) is 30.5 Å². The first-order valence-corrected chi connectivity index (χ1v) is 7.42. The van der Waals surface area contributed by atoms with Gasteiger partial charge in [0.15, 0.2) is 0 Å². The third-order valence-electron chi connectivity index (χ3n) is 3.21. The standard InChI is InChI=1S/C13H19BrN4O/c1-9(13(19)18-6-4-3-5-7-18)15-12-8-11(14)16-10(2)17-12/h8-9H,3-7H2,1-2H3,(H,15,16,17). The number of nitrogens with one attached hydrogen (secondary N) is 1. The molecule has 0 aliphatic carbocycles. The number of aromatic nitrogens is 2. The number of carbonyl (C=O) groups is 1. The van der Waals surface area contributed by atoms with Crippen molar-refractivity contribution in [2.45, 2.75) is 39.2 Å². The van der Waals surface area contributed by atoms with E-state index >= 15 is 0 Å². The average molecular weight is 327 g/mol. The van der Waals surface area contributed by atoms with Crippen LogP contribution in [0.1, 0.15) is 32.0 Å². The lowest BCUT2D eigenvalue weighted by molar-refractivity contribution is -0.132. The van der Waals surface area contributed by atoms with E-state index in [1.165, 1.54) is 6.42 Å². The van der Waals surface area contributed by atoms with Gasteiger partial charge in [-0.1, -0.05) is 0 Å². The predicted molar refractivity (Wildman–Crippen MR) is 78.0 cm³/mol. The summed E-state index contributed by atoms with van der Waals surface area (Å²) in [6, 6.07) is 1.52. The number of likely N-dealkylation sites (tertiary alicyclic amines) is 1. The molecule has 1 atom stereocenters. The SMILES string of the molecule is Cc1nc(Br)cc(NC(C)C(=O)N2CCCCC2)n1. The maximum Gasteiger partial charge on any atom is 0.244 e. The number of nitrogens with zero attached hydrogens (tertiary/aromatic N) is 3. The molecule has 104 valence electrons. The summed E-state index contributed by atoms with van der Waals surface area (Å²) in [5, 5.41) is 3.15. The predicted octanol–water partition coefficient (Wildman–Crippen LogP) is 2.36. The molecule has 1 N–H and O–H groups in total. The summed E-state index contributed by atoms with van der Waals surface area (Å²) in [6.45, 7) is 5.45. The van der Waals surface area contributed by atoms with E-state index in [1.807, 2.05) is 18.7 Å². The van der Waals surface area contributed by atoms with E-state index in [-0.39, 0.29) is 11.9 Å². The molecule has 0 spiro atoms. The van der Waals surface area contributed by atoms with Crippen molar-refractivity contribution in [3.8, 4) is 0 Å². The van der Waals surface area contributed by atoms with Crippen molar-refractivity contribution in [2.24, 2.45) is 0 Å². The van der Waals surface area contributed by atoms with Crippen LogP contribution in [0.3, 0.4) is 0 Å². The van der Waals surface area contributed by atoms with Crippen molar-refractivity contribution in [1.82, 2.24) is 14.9 Å². The molecule has 0 aromatic carbocycles. The quantitative estimate of drug-likeness (QED) is 0.866. The van der Waals surface area contributed by atoms with Gasteiger partial charge in [0.25, 0.3) is 0 Å². The van der Waals surface area contributed by atoms with Crippen molar-refractivity contribution in [2.75, 3.05) is 18.4 Å². The molecule has 1 amide bonds. The highest BCUT2D eigenvalue weighted by molar-refractivity contribution is 9.10. The number of rotatable bonds is 3. The topological polar surface area (TPSA) is 58.1 Å². The van der Waals surface area contributed by atoms with Gasteiger partial charge in [-0.25, -0.2) is 9.97 Å². The third-order valence-corrected chi connectivity index (χ3v) is 3.62. The van der Waals surface area contributed by atoms with Gasteiger partial charge in [0.05, 0.1) is 0 Å². The number of carbonyl (C=O) groups excluding carboxylic acids is 1. The summed E-state index contributed by atoms with van der Waals surface area (Å²) in [7, 11) is 0. The zero-order chi connectivity index (χ0) is 13.8. The minimum atomic E-state index is -0.265. The van der Waals surface area contributed by atoms with Gasteiger partial charge in [-0.05, 0) is 49.0 Å². The average Bonchev–Trinajstić information content (AvgIpc) is 2.37. The molecule has 2 rings (SSSR count). The first kappa shape index (κ1) is 14.2. The minimum absolute atomic E-state index is 0.145. The fourth-order valence-corrected chi connectivity index (χ4v) is 2.75. The zero-order valence-electron chi connectivity index (χ0n) is 11.3. The van der Waals surface area contributed by atoms with Crippen LogP contribution in [0.15, 0.2) is 10.7 Å². The number of amides is 1. The van der Waals surface area contributed by atoms with Crippen molar-refractivity contribution in [1.29, 1.82) is 0 Å². The Labute approximate surface area is 121 Å². The third kappa shape index (κ3) is 3.89. The van der Waals surface area contributed by atoms with Crippen LogP contribution in [0, 0.1) is 6.92 Å². The number of anilines is 1. The van der Waals surface area contributed by atoms with Gasteiger partial charge in [0.1, 0.15) is 22.3 Å². The van der Waals surface area contributed by atoms with E-state index < -0.39 is 0 Å². The van der Waals surface area contributed by atoms with Crippen molar-refractivity contribution in [3.05, 3.63) is 16.5 Å².